The fourth-order valence-electron chi connectivity index (χ4n) is 2.62. The van der Waals surface area contributed by atoms with Crippen molar-refractivity contribution in [2.75, 3.05) is 6.26 Å². The van der Waals surface area contributed by atoms with Crippen molar-refractivity contribution in [3.63, 3.8) is 0 Å². The third-order valence-electron chi connectivity index (χ3n) is 3.90. The first-order chi connectivity index (χ1) is 12.6. The summed E-state index contributed by atoms with van der Waals surface area (Å²) >= 11 is 12.2. The number of sulfone groups is 1. The van der Waals surface area contributed by atoms with Crippen molar-refractivity contribution in [3.8, 4) is 0 Å². The molecule has 0 aliphatic rings. The first-order valence-corrected chi connectivity index (χ1v) is 10.4. The Bertz CT molecular complexity index is 1180. The summed E-state index contributed by atoms with van der Waals surface area (Å²) in [4.78, 5) is 11.0. The van der Waals surface area contributed by atoms with Crippen LogP contribution in [0.15, 0.2) is 47.4 Å². The predicted octanol–water partition coefficient (Wildman–Crippen LogP) is 3.89. The molecule has 0 saturated carbocycles. The third-order valence-corrected chi connectivity index (χ3v) is 5.60. The molecule has 9 heteroatoms. The number of nitrogens with zero attached hydrogens (tertiary/aromatic N) is 2. The highest BCUT2D eigenvalue weighted by molar-refractivity contribution is 7.90. The van der Waals surface area contributed by atoms with Gasteiger partial charge in [-0.15, -0.1) is 0 Å². The van der Waals surface area contributed by atoms with Crippen molar-refractivity contribution in [2.24, 2.45) is 0 Å². The third kappa shape index (κ3) is 4.32. The van der Waals surface area contributed by atoms with Crippen LogP contribution in [-0.4, -0.2) is 35.5 Å². The van der Waals surface area contributed by atoms with Crippen molar-refractivity contribution in [3.05, 3.63) is 63.8 Å². The molecule has 0 spiro atoms. The summed E-state index contributed by atoms with van der Waals surface area (Å²) in [6.45, 7) is 0.265. The number of halogens is 2. The summed E-state index contributed by atoms with van der Waals surface area (Å²) in [7, 11) is -3.41. The lowest BCUT2D eigenvalue weighted by atomic mass is 10.2. The van der Waals surface area contributed by atoms with E-state index in [1.807, 2.05) is 0 Å². The van der Waals surface area contributed by atoms with E-state index in [1.165, 1.54) is 18.2 Å². The van der Waals surface area contributed by atoms with E-state index in [2.05, 4.69) is 5.10 Å². The average molecular weight is 425 g/mol. The van der Waals surface area contributed by atoms with Crippen LogP contribution in [-0.2, 0) is 21.2 Å². The molecule has 0 fully saturated rings. The number of aromatic nitrogens is 2. The maximum atomic E-state index is 11.9. The van der Waals surface area contributed by atoms with Crippen LogP contribution in [0.3, 0.4) is 0 Å². The Morgan fingerprint density at radius 1 is 1.22 bits per heavy atom. The van der Waals surface area contributed by atoms with E-state index in [9.17, 15) is 13.2 Å². The molecule has 3 rings (SSSR count). The Balaban J connectivity index is 2.18. The van der Waals surface area contributed by atoms with Gasteiger partial charge in [-0.25, -0.2) is 13.2 Å². The summed E-state index contributed by atoms with van der Waals surface area (Å²) < 4.78 is 25.4. The second-order valence-electron chi connectivity index (χ2n) is 5.90. The Labute approximate surface area is 165 Å². The lowest BCUT2D eigenvalue weighted by Crippen LogP contribution is -2.03. The molecule has 0 aliphatic carbocycles. The van der Waals surface area contributed by atoms with Gasteiger partial charge in [-0.3, -0.25) is 4.68 Å². The van der Waals surface area contributed by atoms with Gasteiger partial charge in [0.1, 0.15) is 0 Å². The molecule has 6 nitrogen and oxygen atoms in total. The average Bonchev–Trinajstić information content (AvgIpc) is 2.92. The zero-order valence-electron chi connectivity index (χ0n) is 14.1. The lowest BCUT2D eigenvalue weighted by molar-refractivity contribution is -0.131. The summed E-state index contributed by atoms with van der Waals surface area (Å²) in [6, 6.07) is 9.65. The van der Waals surface area contributed by atoms with Gasteiger partial charge < -0.3 is 5.11 Å². The number of fused-ring (bicyclic) bond motifs is 1. The fourth-order valence-corrected chi connectivity index (χ4v) is 3.72. The van der Waals surface area contributed by atoms with Gasteiger partial charge >= 0.3 is 5.97 Å². The number of rotatable bonds is 5. The van der Waals surface area contributed by atoms with E-state index < -0.39 is 15.8 Å². The number of carboxylic acid groups (broad SMARTS) is 1. The molecule has 1 aromatic heterocycles. The van der Waals surface area contributed by atoms with Crippen LogP contribution < -0.4 is 0 Å². The van der Waals surface area contributed by atoms with Crippen LogP contribution in [0.5, 0.6) is 0 Å². The van der Waals surface area contributed by atoms with Crippen LogP contribution in [0.1, 0.15) is 11.3 Å². The van der Waals surface area contributed by atoms with Crippen molar-refractivity contribution in [1.29, 1.82) is 0 Å². The lowest BCUT2D eigenvalue weighted by Gasteiger charge is -2.07. The molecule has 1 N–H and O–H groups in total. The molecule has 0 saturated heterocycles. The Morgan fingerprint density at radius 2 is 1.96 bits per heavy atom. The molecule has 1 heterocycles. The van der Waals surface area contributed by atoms with E-state index in [1.54, 1.807) is 28.9 Å². The molecular weight excluding hydrogens is 411 g/mol. The van der Waals surface area contributed by atoms with E-state index in [-0.39, 0.29) is 11.4 Å². The van der Waals surface area contributed by atoms with Gasteiger partial charge in [0.05, 0.1) is 22.7 Å². The first kappa shape index (κ1) is 19.4. The number of hydrogen-bond donors (Lipinski definition) is 1. The molecule has 2 aromatic carbocycles. The fraction of sp³-hybridized carbons (Fsp3) is 0.111. The van der Waals surface area contributed by atoms with Gasteiger partial charge in [0.15, 0.2) is 9.84 Å². The summed E-state index contributed by atoms with van der Waals surface area (Å²) in [6.07, 6.45) is 3.47. The topological polar surface area (TPSA) is 89.3 Å². The van der Waals surface area contributed by atoms with E-state index in [4.69, 9.17) is 28.3 Å². The molecular formula is C18H14Cl2N2O4S. The van der Waals surface area contributed by atoms with Crippen LogP contribution in [0.2, 0.25) is 10.0 Å². The smallest absolute Gasteiger partial charge is 0.328 e. The zero-order chi connectivity index (χ0) is 19.8. The number of aliphatic carboxylic acids is 1. The maximum Gasteiger partial charge on any atom is 0.328 e. The van der Waals surface area contributed by atoms with Crippen LogP contribution in [0.4, 0.5) is 0 Å². The molecule has 0 amide bonds. The highest BCUT2D eigenvalue weighted by Crippen LogP contribution is 2.27. The molecule has 0 radical (unpaired) electrons. The minimum Gasteiger partial charge on any atom is -0.478 e. The van der Waals surface area contributed by atoms with Gasteiger partial charge in [-0.05, 0) is 42.0 Å². The SMILES string of the molecule is CS(=O)(=O)c1ccc2c(C=CC(=O)O)nn(Cc3ccc(Cl)cc3Cl)c2c1. The number of hydrogen-bond acceptors (Lipinski definition) is 4. The predicted molar refractivity (Wildman–Crippen MR) is 105 cm³/mol. The summed E-state index contributed by atoms with van der Waals surface area (Å²) in [5, 5.41) is 14.9. The van der Waals surface area contributed by atoms with Crippen LogP contribution in [0.25, 0.3) is 17.0 Å². The Kier molecular flexibility index (Phi) is 5.28. The van der Waals surface area contributed by atoms with Gasteiger partial charge in [0.25, 0.3) is 0 Å². The van der Waals surface area contributed by atoms with Gasteiger partial charge in [0, 0.05) is 27.8 Å². The van der Waals surface area contributed by atoms with Crippen LogP contribution >= 0.6 is 23.2 Å². The minimum absolute atomic E-state index is 0.145. The molecule has 27 heavy (non-hydrogen) atoms. The van der Waals surface area contributed by atoms with E-state index in [0.717, 1.165) is 17.9 Å². The Hall–Kier alpha value is -2.35. The highest BCUT2D eigenvalue weighted by Gasteiger charge is 2.15. The van der Waals surface area contributed by atoms with Crippen molar-refractivity contribution in [1.82, 2.24) is 9.78 Å². The summed E-state index contributed by atoms with van der Waals surface area (Å²) in [5.74, 6) is -1.11. The second-order valence-corrected chi connectivity index (χ2v) is 8.76. The molecule has 0 bridgehead atoms. The Morgan fingerprint density at radius 3 is 2.59 bits per heavy atom. The van der Waals surface area contributed by atoms with Gasteiger partial charge in [0.2, 0.25) is 0 Å². The molecule has 3 aromatic rings. The largest absolute Gasteiger partial charge is 0.478 e. The molecule has 140 valence electrons. The number of carboxylic acids is 1. The first-order valence-electron chi connectivity index (χ1n) is 7.71. The second kappa shape index (κ2) is 7.34. The quantitative estimate of drug-likeness (QED) is 0.627. The monoisotopic (exact) mass is 424 g/mol. The summed E-state index contributed by atoms with van der Waals surface area (Å²) in [5.41, 5.74) is 1.70. The van der Waals surface area contributed by atoms with Crippen LogP contribution in [0, 0.1) is 0 Å². The van der Waals surface area contributed by atoms with Crippen molar-refractivity contribution >= 4 is 56.0 Å². The van der Waals surface area contributed by atoms with Gasteiger partial charge in [-0.1, -0.05) is 29.3 Å². The minimum atomic E-state index is -3.41. The highest BCUT2D eigenvalue weighted by atomic mass is 35.5. The van der Waals surface area contributed by atoms with Crippen molar-refractivity contribution < 1.29 is 18.3 Å². The number of benzene rings is 2. The molecule has 0 aliphatic heterocycles. The van der Waals surface area contributed by atoms with E-state index in [0.29, 0.717) is 26.6 Å². The normalized spacial score (nSPS) is 12.1. The van der Waals surface area contributed by atoms with Crippen molar-refractivity contribution in [2.45, 2.75) is 11.4 Å². The molecule has 0 unspecified atom stereocenters. The molecule has 0 atom stereocenters. The van der Waals surface area contributed by atoms with Gasteiger partial charge in [-0.2, -0.15) is 5.10 Å². The maximum absolute atomic E-state index is 11.9. The zero-order valence-corrected chi connectivity index (χ0v) is 16.4. The number of carbonyl (C=O) groups is 1. The standard InChI is InChI=1S/C18H14Cl2N2O4S/c1-27(25,26)13-4-5-14-16(6-7-18(23)24)21-22(17(14)9-13)10-11-2-3-12(19)8-15(11)20/h2-9H,10H2,1H3,(H,23,24). The van der Waals surface area contributed by atoms with E-state index >= 15 is 0 Å².